The fourth-order valence-corrected chi connectivity index (χ4v) is 1.46. The van der Waals surface area contributed by atoms with Gasteiger partial charge >= 0.3 is 61.0 Å². The van der Waals surface area contributed by atoms with Crippen molar-refractivity contribution >= 4 is 20.9 Å². The topological polar surface area (TPSA) is 9.23 Å². The van der Waals surface area contributed by atoms with Gasteiger partial charge in [-0.15, -0.1) is 0 Å². The Kier molecular flexibility index (Phi) is 7.95. The molecular weight excluding hydrogens is 216 g/mol. The van der Waals surface area contributed by atoms with Crippen LogP contribution in [0.4, 0.5) is 0 Å². The van der Waals surface area contributed by atoms with Crippen LogP contribution in [0.1, 0.15) is 6.92 Å². The van der Waals surface area contributed by atoms with E-state index in [2.05, 4.69) is 17.1 Å². The summed E-state index contributed by atoms with van der Waals surface area (Å²) in [5.41, 5.74) is 0. The van der Waals surface area contributed by atoms with Crippen LogP contribution in [-0.2, 0) is 4.74 Å². The van der Waals surface area contributed by atoms with Crippen LogP contribution in [0, 0.1) is 0 Å². The fourth-order valence-electron chi connectivity index (χ4n) is 0.300. The number of rotatable bonds is 4. The third-order valence-corrected chi connectivity index (χ3v) is 2.67. The van der Waals surface area contributed by atoms with Crippen molar-refractivity contribution in [3.05, 3.63) is 10.2 Å². The van der Waals surface area contributed by atoms with E-state index in [0.29, 0.717) is 0 Å². The van der Waals surface area contributed by atoms with Crippen LogP contribution >= 0.6 is 0 Å². The third kappa shape index (κ3) is 6.49. The summed E-state index contributed by atoms with van der Waals surface area (Å²) in [7, 11) is 1.72. The number of ether oxygens (including phenoxy) is 1. The zero-order valence-corrected chi connectivity index (χ0v) is 7.72. The van der Waals surface area contributed by atoms with Crippen LogP contribution in [0.5, 0.6) is 0 Å². The first-order chi connectivity index (χ1) is 3.91. The Labute approximate surface area is 61.2 Å². The number of methoxy groups -OCH3 is 1. The van der Waals surface area contributed by atoms with Gasteiger partial charge in [-0.2, -0.15) is 0 Å². The van der Waals surface area contributed by atoms with Crippen molar-refractivity contribution in [2.24, 2.45) is 0 Å². The maximum absolute atomic E-state index is 4.82. The van der Waals surface area contributed by atoms with Crippen LogP contribution in [0.25, 0.3) is 0 Å². The van der Waals surface area contributed by atoms with Gasteiger partial charge in [0.15, 0.2) is 0 Å². The Balaban J connectivity index is 2.83. The molecule has 0 saturated carbocycles. The van der Waals surface area contributed by atoms with Gasteiger partial charge in [0.1, 0.15) is 0 Å². The Morgan fingerprint density at radius 1 is 1.62 bits per heavy atom. The van der Waals surface area contributed by atoms with E-state index in [1.165, 1.54) is 4.47 Å². The quantitative estimate of drug-likeness (QED) is 0.658. The summed E-state index contributed by atoms with van der Waals surface area (Å²) in [4.78, 5) is 0. The van der Waals surface area contributed by atoms with Crippen molar-refractivity contribution in [3.8, 4) is 0 Å². The van der Waals surface area contributed by atoms with E-state index in [0.717, 1.165) is 6.61 Å². The molecule has 0 spiro atoms. The van der Waals surface area contributed by atoms with E-state index in [1.807, 2.05) is 0 Å². The molecule has 0 aliphatic heterocycles. The van der Waals surface area contributed by atoms with Gasteiger partial charge in [-0.25, -0.2) is 0 Å². The molecule has 0 unspecified atom stereocenters. The van der Waals surface area contributed by atoms with Crippen LogP contribution in [-0.4, -0.2) is 34.6 Å². The van der Waals surface area contributed by atoms with Gasteiger partial charge in [-0.05, 0) is 0 Å². The molecule has 0 aromatic heterocycles. The molecule has 8 heavy (non-hydrogen) atoms. The van der Waals surface area contributed by atoms with E-state index >= 15 is 0 Å². The van der Waals surface area contributed by atoms with E-state index in [-0.39, 0.29) is 20.9 Å². The second kappa shape index (κ2) is 7.49. The molecule has 0 atom stereocenters. The van der Waals surface area contributed by atoms with Gasteiger partial charge < -0.3 is 0 Å². The predicted molar refractivity (Wildman–Crippen MR) is 37.3 cm³/mol. The standard InChI is InChI=1S/C6H12OTe/c1-3-8-6-4-5-7-2/h4,6H,3,5H2,1-2H3/b6-4-. The van der Waals surface area contributed by atoms with Gasteiger partial charge in [0.25, 0.3) is 0 Å². The Bertz CT molecular complexity index is 53.5. The zero-order valence-electron chi connectivity index (χ0n) is 5.39. The molecule has 2 heteroatoms. The van der Waals surface area contributed by atoms with E-state index in [9.17, 15) is 0 Å². The van der Waals surface area contributed by atoms with E-state index < -0.39 is 0 Å². The molecule has 0 aromatic carbocycles. The van der Waals surface area contributed by atoms with Crippen molar-refractivity contribution < 1.29 is 4.74 Å². The molecule has 0 aromatic rings. The second-order valence-corrected chi connectivity index (χ2v) is 4.66. The van der Waals surface area contributed by atoms with Gasteiger partial charge in [-0.3, -0.25) is 0 Å². The first kappa shape index (κ1) is 8.49. The van der Waals surface area contributed by atoms with Gasteiger partial charge in [0, 0.05) is 0 Å². The summed E-state index contributed by atoms with van der Waals surface area (Å²) in [5, 5.41) is 0. The molecule has 0 bridgehead atoms. The molecule has 0 fully saturated rings. The van der Waals surface area contributed by atoms with Crippen molar-refractivity contribution in [1.29, 1.82) is 0 Å². The van der Waals surface area contributed by atoms with Crippen molar-refractivity contribution in [3.63, 3.8) is 0 Å². The van der Waals surface area contributed by atoms with Crippen molar-refractivity contribution in [2.75, 3.05) is 13.7 Å². The summed E-state index contributed by atoms with van der Waals surface area (Å²) in [6.07, 6.45) is 2.10. The predicted octanol–water partition coefficient (Wildman–Crippen LogP) is 1.29. The first-order valence-electron chi connectivity index (χ1n) is 2.67. The Morgan fingerprint density at radius 2 is 2.38 bits per heavy atom. The molecule has 0 aliphatic rings. The van der Waals surface area contributed by atoms with E-state index in [4.69, 9.17) is 4.74 Å². The Morgan fingerprint density at radius 3 is 2.88 bits per heavy atom. The third-order valence-electron chi connectivity index (χ3n) is 0.622. The number of hydrogen-bond donors (Lipinski definition) is 0. The molecule has 0 saturated heterocycles. The monoisotopic (exact) mass is 230 g/mol. The molecule has 0 amide bonds. The Hall–Kier alpha value is 0.490. The SMILES string of the molecule is CC[Te]/C=C\COC. The van der Waals surface area contributed by atoms with Crippen LogP contribution < -0.4 is 0 Å². The molecule has 0 N–H and O–H groups in total. The van der Waals surface area contributed by atoms with Gasteiger partial charge in [-0.1, -0.05) is 0 Å². The number of hydrogen-bond acceptors (Lipinski definition) is 1. The van der Waals surface area contributed by atoms with Crippen LogP contribution in [0.2, 0.25) is 4.47 Å². The molecular formula is C6H12OTe. The second-order valence-electron chi connectivity index (χ2n) is 1.28. The first-order valence-corrected chi connectivity index (χ1v) is 5.66. The van der Waals surface area contributed by atoms with E-state index in [1.54, 1.807) is 7.11 Å². The van der Waals surface area contributed by atoms with Crippen LogP contribution in [0.15, 0.2) is 10.2 Å². The van der Waals surface area contributed by atoms with Crippen molar-refractivity contribution in [1.82, 2.24) is 0 Å². The molecule has 0 aliphatic carbocycles. The van der Waals surface area contributed by atoms with Gasteiger partial charge in [0.2, 0.25) is 0 Å². The zero-order chi connectivity index (χ0) is 6.24. The molecule has 0 heterocycles. The van der Waals surface area contributed by atoms with Crippen molar-refractivity contribution in [2.45, 2.75) is 11.4 Å². The average molecular weight is 228 g/mol. The molecule has 0 radical (unpaired) electrons. The summed E-state index contributed by atoms with van der Waals surface area (Å²) in [5.74, 6) is 0. The summed E-state index contributed by atoms with van der Waals surface area (Å²) >= 11 is 0.207. The summed E-state index contributed by atoms with van der Waals surface area (Å²) in [6, 6.07) is 0. The maximum atomic E-state index is 4.82. The minimum atomic E-state index is 0.207. The minimum absolute atomic E-state index is 0.207. The van der Waals surface area contributed by atoms with Crippen LogP contribution in [0.3, 0.4) is 0 Å². The molecule has 0 rings (SSSR count). The fraction of sp³-hybridized carbons (Fsp3) is 0.667. The summed E-state index contributed by atoms with van der Waals surface area (Å²) in [6.45, 7) is 3.00. The van der Waals surface area contributed by atoms with Gasteiger partial charge in [0.05, 0.1) is 0 Å². The average Bonchev–Trinajstić information content (AvgIpc) is 1.81. The normalized spacial score (nSPS) is 10.8. The molecule has 1 nitrogen and oxygen atoms in total. The summed E-state index contributed by atoms with van der Waals surface area (Å²) < 4.78 is 8.45. The molecule has 48 valence electrons.